The lowest BCUT2D eigenvalue weighted by atomic mass is 10.1. The molecular formula is C18H25ClN2O2. The first-order chi connectivity index (χ1) is 11.0. The molecule has 1 aliphatic rings. The predicted molar refractivity (Wildman–Crippen MR) is 92.4 cm³/mol. The molecule has 126 valence electrons. The second-order valence-electron chi connectivity index (χ2n) is 6.23. The van der Waals surface area contributed by atoms with E-state index in [1.807, 2.05) is 36.2 Å². The quantitative estimate of drug-likeness (QED) is 0.768. The van der Waals surface area contributed by atoms with Crippen LogP contribution in [0.5, 0.6) is 0 Å². The Bertz CT molecular complexity index is 544. The normalized spacial score (nSPS) is 17.6. The molecule has 1 aliphatic heterocycles. The lowest BCUT2D eigenvalue weighted by Gasteiger charge is -2.21. The lowest BCUT2D eigenvalue weighted by Crippen LogP contribution is -2.35. The van der Waals surface area contributed by atoms with Gasteiger partial charge in [0.25, 0.3) is 0 Å². The van der Waals surface area contributed by atoms with Gasteiger partial charge in [0.2, 0.25) is 11.8 Å². The van der Waals surface area contributed by atoms with Gasteiger partial charge in [-0.1, -0.05) is 37.1 Å². The number of unbranched alkanes of at least 4 members (excludes halogenated alkanes) is 1. The minimum atomic E-state index is -0.186. The highest BCUT2D eigenvalue weighted by Gasteiger charge is 2.35. The van der Waals surface area contributed by atoms with E-state index in [1.54, 1.807) is 4.90 Å². The molecule has 1 saturated heterocycles. The number of hydrogen-bond donors (Lipinski definition) is 0. The highest BCUT2D eigenvalue weighted by atomic mass is 35.5. The van der Waals surface area contributed by atoms with Crippen molar-refractivity contribution in [1.29, 1.82) is 0 Å². The number of amides is 2. The van der Waals surface area contributed by atoms with Crippen LogP contribution >= 0.6 is 11.6 Å². The van der Waals surface area contributed by atoms with E-state index < -0.39 is 0 Å². The summed E-state index contributed by atoms with van der Waals surface area (Å²) < 4.78 is 0. The van der Waals surface area contributed by atoms with Crippen LogP contribution in [-0.4, -0.2) is 48.3 Å². The van der Waals surface area contributed by atoms with Crippen LogP contribution in [0, 0.1) is 5.92 Å². The molecule has 0 bridgehead atoms. The molecule has 0 saturated carbocycles. The summed E-state index contributed by atoms with van der Waals surface area (Å²) in [6.07, 6.45) is 3.20. The topological polar surface area (TPSA) is 40.6 Å². The van der Waals surface area contributed by atoms with Crippen LogP contribution in [0.15, 0.2) is 24.3 Å². The molecule has 0 N–H and O–H groups in total. The molecule has 2 amide bonds. The van der Waals surface area contributed by atoms with Crippen LogP contribution in [0.1, 0.15) is 31.7 Å². The summed E-state index contributed by atoms with van der Waals surface area (Å²) in [6.45, 7) is 4.07. The first kappa shape index (κ1) is 17.8. The first-order valence-corrected chi connectivity index (χ1v) is 8.66. The Morgan fingerprint density at radius 2 is 2.04 bits per heavy atom. The molecule has 1 atom stereocenters. The molecule has 1 fully saturated rings. The Kier molecular flexibility index (Phi) is 6.46. The fraction of sp³-hybridized carbons (Fsp3) is 0.556. The average molecular weight is 337 g/mol. The Hall–Kier alpha value is -1.55. The van der Waals surface area contributed by atoms with Gasteiger partial charge in [-0.2, -0.15) is 0 Å². The van der Waals surface area contributed by atoms with Crippen molar-refractivity contribution in [1.82, 2.24) is 9.80 Å². The second kappa shape index (κ2) is 8.34. The van der Waals surface area contributed by atoms with Crippen LogP contribution in [0.2, 0.25) is 5.02 Å². The molecule has 0 radical (unpaired) electrons. The van der Waals surface area contributed by atoms with E-state index >= 15 is 0 Å². The zero-order chi connectivity index (χ0) is 16.8. The standard InChI is InChI=1S/C18H25ClN2O2/c1-3-4-10-20(2)18(23)15-12-17(22)21(13-15)11-9-14-5-7-16(19)8-6-14/h5-8,15H,3-4,9-13H2,1-2H3. The van der Waals surface area contributed by atoms with Crippen molar-refractivity contribution in [2.45, 2.75) is 32.6 Å². The smallest absolute Gasteiger partial charge is 0.227 e. The second-order valence-corrected chi connectivity index (χ2v) is 6.67. The highest BCUT2D eigenvalue weighted by Crippen LogP contribution is 2.20. The van der Waals surface area contributed by atoms with Crippen LogP contribution in [-0.2, 0) is 16.0 Å². The fourth-order valence-corrected chi connectivity index (χ4v) is 3.01. The molecule has 4 nitrogen and oxygen atoms in total. The van der Waals surface area contributed by atoms with E-state index in [2.05, 4.69) is 6.92 Å². The Morgan fingerprint density at radius 3 is 2.70 bits per heavy atom. The van der Waals surface area contributed by atoms with Gasteiger partial charge in [0.05, 0.1) is 5.92 Å². The van der Waals surface area contributed by atoms with E-state index in [0.29, 0.717) is 24.5 Å². The number of carbonyl (C=O) groups excluding carboxylic acids is 2. The summed E-state index contributed by atoms with van der Waals surface area (Å²) in [4.78, 5) is 28.1. The lowest BCUT2D eigenvalue weighted by molar-refractivity contribution is -0.134. The van der Waals surface area contributed by atoms with Crippen LogP contribution in [0.25, 0.3) is 0 Å². The Morgan fingerprint density at radius 1 is 1.35 bits per heavy atom. The van der Waals surface area contributed by atoms with Crippen molar-refractivity contribution < 1.29 is 9.59 Å². The average Bonchev–Trinajstić information content (AvgIpc) is 2.92. The molecule has 5 heteroatoms. The van der Waals surface area contributed by atoms with E-state index in [-0.39, 0.29) is 17.7 Å². The molecule has 1 aromatic carbocycles. The number of hydrogen-bond acceptors (Lipinski definition) is 2. The Balaban J connectivity index is 1.84. The monoisotopic (exact) mass is 336 g/mol. The molecule has 2 rings (SSSR count). The molecular weight excluding hydrogens is 312 g/mol. The number of likely N-dealkylation sites (tertiary alicyclic amines) is 1. The van der Waals surface area contributed by atoms with Crippen molar-refractivity contribution in [3.8, 4) is 0 Å². The van der Waals surface area contributed by atoms with Gasteiger partial charge in [-0.25, -0.2) is 0 Å². The maximum atomic E-state index is 12.4. The van der Waals surface area contributed by atoms with Crippen molar-refractivity contribution in [3.63, 3.8) is 0 Å². The third kappa shape index (κ3) is 4.96. The minimum Gasteiger partial charge on any atom is -0.345 e. The number of benzene rings is 1. The van der Waals surface area contributed by atoms with Crippen LogP contribution in [0.4, 0.5) is 0 Å². The van der Waals surface area contributed by atoms with E-state index in [0.717, 1.165) is 31.4 Å². The summed E-state index contributed by atoms with van der Waals surface area (Å²) in [6, 6.07) is 7.67. The first-order valence-electron chi connectivity index (χ1n) is 8.28. The molecule has 0 spiro atoms. The fourth-order valence-electron chi connectivity index (χ4n) is 2.89. The van der Waals surface area contributed by atoms with Crippen molar-refractivity contribution >= 4 is 23.4 Å². The van der Waals surface area contributed by atoms with Crippen molar-refractivity contribution in [2.24, 2.45) is 5.92 Å². The summed E-state index contributed by atoms with van der Waals surface area (Å²) in [5.74, 6) is -0.00317. The number of carbonyl (C=O) groups is 2. The maximum Gasteiger partial charge on any atom is 0.227 e. The van der Waals surface area contributed by atoms with E-state index in [4.69, 9.17) is 11.6 Å². The van der Waals surface area contributed by atoms with E-state index in [1.165, 1.54) is 0 Å². The maximum absolute atomic E-state index is 12.4. The van der Waals surface area contributed by atoms with Gasteiger partial charge in [0, 0.05) is 38.1 Å². The molecule has 0 aromatic heterocycles. The molecule has 1 aromatic rings. The summed E-state index contributed by atoms with van der Waals surface area (Å²) in [5.41, 5.74) is 1.15. The number of rotatable bonds is 7. The van der Waals surface area contributed by atoms with Gasteiger partial charge in [0.15, 0.2) is 0 Å². The summed E-state index contributed by atoms with van der Waals surface area (Å²) in [7, 11) is 1.83. The zero-order valence-electron chi connectivity index (χ0n) is 13.9. The number of nitrogens with zero attached hydrogens (tertiary/aromatic N) is 2. The van der Waals surface area contributed by atoms with Gasteiger partial charge in [-0.05, 0) is 30.5 Å². The molecule has 1 heterocycles. The van der Waals surface area contributed by atoms with Crippen LogP contribution < -0.4 is 0 Å². The van der Waals surface area contributed by atoms with Crippen LogP contribution in [0.3, 0.4) is 0 Å². The summed E-state index contributed by atoms with van der Waals surface area (Å²) >= 11 is 5.88. The van der Waals surface area contributed by atoms with Gasteiger partial charge < -0.3 is 9.80 Å². The largest absolute Gasteiger partial charge is 0.345 e. The van der Waals surface area contributed by atoms with Gasteiger partial charge in [-0.15, -0.1) is 0 Å². The third-order valence-electron chi connectivity index (χ3n) is 4.37. The predicted octanol–water partition coefficient (Wildman–Crippen LogP) is 2.99. The molecule has 0 aliphatic carbocycles. The van der Waals surface area contributed by atoms with Gasteiger partial charge >= 0.3 is 0 Å². The molecule has 23 heavy (non-hydrogen) atoms. The Labute approximate surface area is 143 Å². The highest BCUT2D eigenvalue weighted by molar-refractivity contribution is 6.30. The van der Waals surface area contributed by atoms with Crippen molar-refractivity contribution in [3.05, 3.63) is 34.9 Å². The minimum absolute atomic E-state index is 0.0844. The third-order valence-corrected chi connectivity index (χ3v) is 4.62. The van der Waals surface area contributed by atoms with Gasteiger partial charge in [-0.3, -0.25) is 9.59 Å². The van der Waals surface area contributed by atoms with E-state index in [9.17, 15) is 9.59 Å². The zero-order valence-corrected chi connectivity index (χ0v) is 14.7. The number of halogens is 1. The summed E-state index contributed by atoms with van der Waals surface area (Å²) in [5, 5.41) is 0.715. The SMILES string of the molecule is CCCCN(C)C(=O)C1CC(=O)N(CCc2ccc(Cl)cc2)C1. The van der Waals surface area contributed by atoms with Gasteiger partial charge in [0.1, 0.15) is 0 Å². The van der Waals surface area contributed by atoms with Crippen molar-refractivity contribution in [2.75, 3.05) is 26.7 Å². The molecule has 1 unspecified atom stereocenters.